The first-order valence-electron chi connectivity index (χ1n) is 6.63. The third-order valence-electron chi connectivity index (χ3n) is 2.83. The molecule has 2 aromatic rings. The largest absolute Gasteiger partial charge is 0.320 e. The molecule has 0 unspecified atom stereocenters. The third-order valence-corrected chi connectivity index (χ3v) is 3.91. The normalized spacial score (nSPS) is 10.7. The van der Waals surface area contributed by atoms with E-state index in [1.807, 2.05) is 12.1 Å². The highest BCUT2D eigenvalue weighted by Gasteiger charge is 2.26. The topological polar surface area (TPSA) is 90.1 Å². The molecule has 1 heterocycles. The predicted octanol–water partition coefficient (Wildman–Crippen LogP) is 3.08. The molecule has 7 nitrogen and oxygen atoms in total. The van der Waals surface area contributed by atoms with Crippen LogP contribution in [0.5, 0.6) is 0 Å². The van der Waals surface area contributed by atoms with E-state index in [0.717, 1.165) is 11.1 Å². The summed E-state index contributed by atoms with van der Waals surface area (Å²) >= 11 is 1.61. The smallest absolute Gasteiger partial charge is 0.319 e. The lowest BCUT2D eigenvalue weighted by Gasteiger charge is -2.12. The van der Waals surface area contributed by atoms with Gasteiger partial charge in [0, 0.05) is 17.2 Å². The van der Waals surface area contributed by atoms with Crippen molar-refractivity contribution < 1.29 is 9.72 Å². The summed E-state index contributed by atoms with van der Waals surface area (Å²) in [5.41, 5.74) is 0.241. The highest BCUT2D eigenvalue weighted by atomic mass is 32.2. The number of rotatable bonds is 5. The Bertz CT molecular complexity index is 712. The molecule has 0 fully saturated rings. The number of hydrogen-bond acceptors (Lipinski definition) is 5. The molecule has 1 N–H and O–H groups in total. The van der Waals surface area contributed by atoms with E-state index in [1.165, 1.54) is 11.7 Å². The van der Waals surface area contributed by atoms with Gasteiger partial charge in [-0.05, 0) is 12.1 Å². The molecule has 0 aliphatic carbocycles. The first kappa shape index (κ1) is 16.0. The van der Waals surface area contributed by atoms with Crippen LogP contribution in [-0.4, -0.2) is 25.9 Å². The van der Waals surface area contributed by atoms with Crippen molar-refractivity contribution in [2.24, 2.45) is 7.05 Å². The van der Waals surface area contributed by atoms with Gasteiger partial charge in [-0.2, -0.15) is 5.10 Å². The molecule has 0 spiro atoms. The lowest BCUT2D eigenvalue weighted by molar-refractivity contribution is -0.385. The van der Waals surface area contributed by atoms with E-state index < -0.39 is 10.8 Å². The number of benzene rings is 1. The molecule has 0 saturated heterocycles. The number of nitro groups is 1. The lowest BCUT2D eigenvalue weighted by atomic mass is 10.3. The summed E-state index contributed by atoms with van der Waals surface area (Å²) in [6.07, 6.45) is 1.07. The Hall–Kier alpha value is -2.35. The van der Waals surface area contributed by atoms with Gasteiger partial charge in [-0.3, -0.25) is 19.6 Å². The van der Waals surface area contributed by atoms with Crippen molar-refractivity contribution in [3.05, 3.63) is 46.3 Å². The van der Waals surface area contributed by atoms with Crippen LogP contribution in [0.25, 0.3) is 0 Å². The van der Waals surface area contributed by atoms with E-state index in [9.17, 15) is 14.9 Å². The van der Waals surface area contributed by atoms with Gasteiger partial charge >= 0.3 is 5.69 Å². The fourth-order valence-corrected chi connectivity index (χ4v) is 2.84. The molecule has 0 aliphatic rings. The minimum absolute atomic E-state index is 0.0747. The molecule has 1 aromatic heterocycles. The third kappa shape index (κ3) is 3.45. The number of nitrogens with one attached hydrogen (secondary N) is 1. The standard InChI is InChI=1S/C14H16N4O3S/c1-9(2)22-12-7-5-4-6-10(12)16-14(19)13-11(18(20)21)8-15-17(13)3/h4-9H,1-3H3,(H,16,19). The predicted molar refractivity (Wildman–Crippen MR) is 85.3 cm³/mol. The molecule has 2 rings (SSSR count). The van der Waals surface area contributed by atoms with Crippen molar-refractivity contribution in [1.82, 2.24) is 9.78 Å². The second-order valence-electron chi connectivity index (χ2n) is 4.88. The Morgan fingerprint density at radius 2 is 2.09 bits per heavy atom. The molecule has 1 amide bonds. The van der Waals surface area contributed by atoms with E-state index in [0.29, 0.717) is 10.9 Å². The number of anilines is 1. The van der Waals surface area contributed by atoms with E-state index in [2.05, 4.69) is 24.3 Å². The number of amides is 1. The second-order valence-corrected chi connectivity index (χ2v) is 6.49. The molecule has 0 atom stereocenters. The highest BCUT2D eigenvalue weighted by molar-refractivity contribution is 8.00. The quantitative estimate of drug-likeness (QED) is 0.519. The Balaban J connectivity index is 2.30. The Kier molecular flexibility index (Phi) is 4.81. The number of thioether (sulfide) groups is 1. The maximum atomic E-state index is 12.4. The molecule has 22 heavy (non-hydrogen) atoms. The molecule has 1 aromatic carbocycles. The van der Waals surface area contributed by atoms with Gasteiger partial charge in [-0.15, -0.1) is 11.8 Å². The molecule has 8 heteroatoms. The minimum Gasteiger partial charge on any atom is -0.319 e. The second kappa shape index (κ2) is 6.61. The van der Waals surface area contributed by atoms with Crippen LogP contribution < -0.4 is 5.32 Å². The highest BCUT2D eigenvalue weighted by Crippen LogP contribution is 2.30. The zero-order valence-corrected chi connectivity index (χ0v) is 13.3. The van der Waals surface area contributed by atoms with E-state index in [4.69, 9.17) is 0 Å². The number of aryl methyl sites for hydroxylation is 1. The van der Waals surface area contributed by atoms with Gasteiger partial charge in [0.1, 0.15) is 6.20 Å². The number of carbonyl (C=O) groups excluding carboxylic acids is 1. The van der Waals surface area contributed by atoms with E-state index >= 15 is 0 Å². The number of carbonyl (C=O) groups is 1. The van der Waals surface area contributed by atoms with Gasteiger partial charge in [0.2, 0.25) is 5.69 Å². The summed E-state index contributed by atoms with van der Waals surface area (Å²) in [7, 11) is 1.50. The summed E-state index contributed by atoms with van der Waals surface area (Å²) in [4.78, 5) is 23.6. The first-order chi connectivity index (χ1) is 10.4. The van der Waals surface area contributed by atoms with Crippen LogP contribution in [0.15, 0.2) is 35.4 Å². The Morgan fingerprint density at radius 3 is 2.73 bits per heavy atom. The Labute approximate surface area is 131 Å². The number of aromatic nitrogens is 2. The van der Waals surface area contributed by atoms with Crippen LogP contribution in [0.4, 0.5) is 11.4 Å². The summed E-state index contributed by atoms with van der Waals surface area (Å²) in [5.74, 6) is -0.552. The van der Waals surface area contributed by atoms with Crippen LogP contribution in [0, 0.1) is 10.1 Å². The van der Waals surface area contributed by atoms with E-state index in [-0.39, 0.29) is 11.4 Å². The SMILES string of the molecule is CC(C)Sc1ccccc1NC(=O)c1c([N+](=O)[O-])cnn1C. The van der Waals surface area contributed by atoms with Crippen molar-refractivity contribution in [3.63, 3.8) is 0 Å². The number of para-hydroxylation sites is 1. The van der Waals surface area contributed by atoms with Gasteiger partial charge in [0.05, 0.1) is 10.6 Å². The van der Waals surface area contributed by atoms with Crippen LogP contribution in [-0.2, 0) is 7.05 Å². The summed E-state index contributed by atoms with van der Waals surface area (Å²) in [6, 6.07) is 7.35. The molecule has 0 saturated carbocycles. The monoisotopic (exact) mass is 320 g/mol. The maximum Gasteiger partial charge on any atom is 0.320 e. The minimum atomic E-state index is -0.614. The summed E-state index contributed by atoms with van der Waals surface area (Å²) in [6.45, 7) is 4.10. The molecular formula is C14H16N4O3S. The van der Waals surface area contributed by atoms with E-state index in [1.54, 1.807) is 23.9 Å². The summed E-state index contributed by atoms with van der Waals surface area (Å²) in [5, 5.41) is 17.8. The zero-order valence-electron chi connectivity index (χ0n) is 12.4. The summed E-state index contributed by atoms with van der Waals surface area (Å²) < 4.78 is 1.20. The van der Waals surface area contributed by atoms with Gasteiger partial charge in [-0.25, -0.2) is 0 Å². The van der Waals surface area contributed by atoms with Crippen LogP contribution in [0.1, 0.15) is 24.3 Å². The van der Waals surface area contributed by atoms with Gasteiger partial charge in [-0.1, -0.05) is 26.0 Å². The van der Waals surface area contributed by atoms with Crippen molar-refractivity contribution >= 4 is 29.0 Å². The average molecular weight is 320 g/mol. The molecule has 0 aliphatic heterocycles. The van der Waals surface area contributed by atoms with Crippen molar-refractivity contribution in [1.29, 1.82) is 0 Å². The maximum absolute atomic E-state index is 12.4. The zero-order chi connectivity index (χ0) is 16.3. The van der Waals surface area contributed by atoms with Crippen LogP contribution in [0.3, 0.4) is 0 Å². The van der Waals surface area contributed by atoms with Gasteiger partial charge < -0.3 is 5.32 Å². The Morgan fingerprint density at radius 1 is 1.41 bits per heavy atom. The fourth-order valence-electron chi connectivity index (χ4n) is 1.93. The molecule has 0 bridgehead atoms. The van der Waals surface area contributed by atoms with Gasteiger partial charge in [0.25, 0.3) is 5.91 Å². The first-order valence-corrected chi connectivity index (χ1v) is 7.51. The van der Waals surface area contributed by atoms with Crippen molar-refractivity contribution in [3.8, 4) is 0 Å². The van der Waals surface area contributed by atoms with Gasteiger partial charge in [0.15, 0.2) is 0 Å². The van der Waals surface area contributed by atoms with Crippen LogP contribution >= 0.6 is 11.8 Å². The van der Waals surface area contributed by atoms with Crippen LogP contribution in [0.2, 0.25) is 0 Å². The lowest BCUT2D eigenvalue weighted by Crippen LogP contribution is -2.18. The molecular weight excluding hydrogens is 304 g/mol. The molecule has 116 valence electrons. The average Bonchev–Trinajstić information content (AvgIpc) is 2.82. The van der Waals surface area contributed by atoms with Crippen molar-refractivity contribution in [2.75, 3.05) is 5.32 Å². The fraction of sp³-hybridized carbons (Fsp3) is 0.286. The number of hydrogen-bond donors (Lipinski definition) is 1. The number of nitrogens with zero attached hydrogens (tertiary/aromatic N) is 3. The van der Waals surface area contributed by atoms with Crippen molar-refractivity contribution in [2.45, 2.75) is 24.0 Å². The molecule has 0 radical (unpaired) electrons.